The number of hydrogen-bond donors (Lipinski definition) is 0. The fourth-order valence-corrected chi connectivity index (χ4v) is 3.31. The smallest absolute Gasteiger partial charge is 0.323 e. The van der Waals surface area contributed by atoms with E-state index in [1.807, 2.05) is 0 Å². The Bertz CT molecular complexity index is 331. The minimum atomic E-state index is -1.03. The van der Waals surface area contributed by atoms with Crippen LogP contribution in [0, 0.1) is 5.41 Å². The van der Waals surface area contributed by atoms with Crippen molar-refractivity contribution in [2.24, 2.45) is 5.41 Å². The molecule has 0 spiro atoms. The van der Waals surface area contributed by atoms with E-state index in [0.29, 0.717) is 26.1 Å². The molecule has 0 bridgehead atoms. The average Bonchev–Trinajstić information content (AvgIpc) is 2.61. The molecule has 0 aliphatic heterocycles. The Morgan fingerprint density at radius 2 is 1.17 bits per heavy atom. The first-order valence-corrected chi connectivity index (χ1v) is 10.0. The van der Waals surface area contributed by atoms with E-state index in [9.17, 15) is 9.59 Å². The molecular formula is C20H36O4. The van der Waals surface area contributed by atoms with Crippen molar-refractivity contribution in [1.29, 1.82) is 0 Å². The first-order valence-electron chi connectivity index (χ1n) is 10.0. The maximum atomic E-state index is 12.6. The molecule has 0 aromatic carbocycles. The first kappa shape index (κ1) is 21.0. The van der Waals surface area contributed by atoms with Gasteiger partial charge in [0.2, 0.25) is 0 Å². The van der Waals surface area contributed by atoms with Crippen LogP contribution in [0.2, 0.25) is 0 Å². The number of hydrogen-bond acceptors (Lipinski definition) is 4. The zero-order valence-electron chi connectivity index (χ0n) is 15.7. The average molecular weight is 341 g/mol. The number of rotatable bonds is 12. The molecule has 1 saturated carbocycles. The summed E-state index contributed by atoms with van der Waals surface area (Å²) in [6, 6.07) is 0. The zero-order chi connectivity index (χ0) is 17.7. The summed E-state index contributed by atoms with van der Waals surface area (Å²) in [7, 11) is 0. The molecule has 1 fully saturated rings. The van der Waals surface area contributed by atoms with E-state index in [1.54, 1.807) is 0 Å². The second-order valence-electron chi connectivity index (χ2n) is 7.04. The van der Waals surface area contributed by atoms with Crippen molar-refractivity contribution in [3.05, 3.63) is 0 Å². The van der Waals surface area contributed by atoms with Gasteiger partial charge in [-0.3, -0.25) is 9.59 Å². The monoisotopic (exact) mass is 340 g/mol. The van der Waals surface area contributed by atoms with Gasteiger partial charge in [0.15, 0.2) is 5.41 Å². The lowest BCUT2D eigenvalue weighted by Gasteiger charge is -2.32. The molecule has 0 N–H and O–H groups in total. The van der Waals surface area contributed by atoms with Crippen molar-refractivity contribution in [3.8, 4) is 0 Å². The highest BCUT2D eigenvalue weighted by atomic mass is 16.6. The van der Waals surface area contributed by atoms with Crippen molar-refractivity contribution in [1.82, 2.24) is 0 Å². The maximum Gasteiger partial charge on any atom is 0.323 e. The maximum absolute atomic E-state index is 12.6. The lowest BCUT2D eigenvalue weighted by Crippen LogP contribution is -2.43. The highest BCUT2D eigenvalue weighted by molar-refractivity contribution is 6.00. The molecule has 0 unspecified atom stereocenters. The fraction of sp³-hybridized carbons (Fsp3) is 0.900. The molecule has 4 nitrogen and oxygen atoms in total. The summed E-state index contributed by atoms with van der Waals surface area (Å²) in [5.74, 6) is -0.700. The van der Waals surface area contributed by atoms with Crippen LogP contribution in [0.15, 0.2) is 0 Å². The van der Waals surface area contributed by atoms with Crippen LogP contribution in [0.5, 0.6) is 0 Å². The fourth-order valence-electron chi connectivity index (χ4n) is 3.31. The van der Waals surface area contributed by atoms with Gasteiger partial charge in [-0.1, -0.05) is 71.6 Å². The topological polar surface area (TPSA) is 52.6 Å². The minimum absolute atomic E-state index is 0.350. The lowest BCUT2D eigenvalue weighted by molar-refractivity contribution is -0.175. The van der Waals surface area contributed by atoms with E-state index in [0.717, 1.165) is 70.6 Å². The molecule has 1 aliphatic carbocycles. The van der Waals surface area contributed by atoms with E-state index in [2.05, 4.69) is 13.8 Å². The highest BCUT2D eigenvalue weighted by Crippen LogP contribution is 2.39. The predicted molar refractivity (Wildman–Crippen MR) is 95.7 cm³/mol. The molecule has 1 rings (SSSR count). The summed E-state index contributed by atoms with van der Waals surface area (Å²) in [5, 5.41) is 0. The summed E-state index contributed by atoms with van der Waals surface area (Å²) >= 11 is 0. The molecule has 0 heterocycles. The van der Waals surface area contributed by atoms with Gasteiger partial charge in [-0.2, -0.15) is 0 Å². The Kier molecular flexibility index (Phi) is 10.8. The van der Waals surface area contributed by atoms with Crippen molar-refractivity contribution in [2.45, 2.75) is 97.3 Å². The molecule has 0 aromatic heterocycles. The molecule has 0 radical (unpaired) electrons. The van der Waals surface area contributed by atoms with E-state index >= 15 is 0 Å². The van der Waals surface area contributed by atoms with Crippen LogP contribution in [0.1, 0.15) is 97.3 Å². The minimum Gasteiger partial charge on any atom is -0.465 e. The highest BCUT2D eigenvalue weighted by Gasteiger charge is 2.49. The van der Waals surface area contributed by atoms with E-state index in [1.165, 1.54) is 0 Å². The Morgan fingerprint density at radius 1 is 0.708 bits per heavy atom. The Labute approximate surface area is 147 Å². The zero-order valence-corrected chi connectivity index (χ0v) is 15.7. The summed E-state index contributed by atoms with van der Waals surface area (Å²) in [4.78, 5) is 25.2. The van der Waals surface area contributed by atoms with E-state index in [4.69, 9.17) is 9.47 Å². The molecule has 140 valence electrons. The van der Waals surface area contributed by atoms with Crippen molar-refractivity contribution in [3.63, 3.8) is 0 Å². The molecule has 4 heteroatoms. The third kappa shape index (κ3) is 6.82. The molecule has 0 amide bonds. The summed E-state index contributed by atoms with van der Waals surface area (Å²) in [5.41, 5.74) is -1.03. The van der Waals surface area contributed by atoms with Crippen LogP contribution in [0.3, 0.4) is 0 Å². The van der Waals surface area contributed by atoms with Gasteiger partial charge < -0.3 is 9.47 Å². The van der Waals surface area contributed by atoms with Crippen molar-refractivity contribution in [2.75, 3.05) is 13.2 Å². The molecule has 24 heavy (non-hydrogen) atoms. The number of unbranched alkanes of at least 4 members (excludes halogenated alkanes) is 6. The van der Waals surface area contributed by atoms with Crippen LogP contribution in [-0.4, -0.2) is 25.2 Å². The molecule has 0 atom stereocenters. The summed E-state index contributed by atoms with van der Waals surface area (Å²) < 4.78 is 10.9. The van der Waals surface area contributed by atoms with Crippen LogP contribution in [-0.2, 0) is 19.1 Å². The summed E-state index contributed by atoms with van der Waals surface area (Å²) in [6.45, 7) is 5.15. The predicted octanol–water partition coefficient (Wildman–Crippen LogP) is 5.18. The van der Waals surface area contributed by atoms with Gasteiger partial charge >= 0.3 is 11.9 Å². The lowest BCUT2D eigenvalue weighted by atomic mass is 9.74. The van der Waals surface area contributed by atoms with Crippen molar-refractivity contribution >= 4 is 11.9 Å². The molecule has 0 aromatic rings. The van der Waals surface area contributed by atoms with Crippen LogP contribution >= 0.6 is 0 Å². The largest absolute Gasteiger partial charge is 0.465 e. The first-order chi connectivity index (χ1) is 11.7. The number of ether oxygens (including phenoxy) is 2. The standard InChI is InChI=1S/C20H36O4/c1-3-5-7-12-16-23-18(21)20(14-10-9-11-15-20)19(22)24-17-13-8-6-4-2/h3-17H2,1-2H3. The quantitative estimate of drug-likeness (QED) is 0.279. The van der Waals surface area contributed by atoms with Gasteiger partial charge in [0.1, 0.15) is 0 Å². The van der Waals surface area contributed by atoms with Gasteiger partial charge in [-0.05, 0) is 25.7 Å². The van der Waals surface area contributed by atoms with Gasteiger partial charge in [-0.25, -0.2) is 0 Å². The Morgan fingerprint density at radius 3 is 1.58 bits per heavy atom. The molecule has 1 aliphatic rings. The van der Waals surface area contributed by atoms with E-state index < -0.39 is 5.41 Å². The van der Waals surface area contributed by atoms with Crippen LogP contribution < -0.4 is 0 Å². The Hall–Kier alpha value is -1.06. The van der Waals surface area contributed by atoms with Gasteiger partial charge in [0.25, 0.3) is 0 Å². The normalized spacial score (nSPS) is 16.6. The summed E-state index contributed by atoms with van der Waals surface area (Å²) in [6.07, 6.45) is 12.5. The number of carbonyl (C=O) groups is 2. The van der Waals surface area contributed by atoms with Gasteiger partial charge in [-0.15, -0.1) is 0 Å². The van der Waals surface area contributed by atoms with Crippen LogP contribution in [0.4, 0.5) is 0 Å². The number of carbonyl (C=O) groups excluding carboxylic acids is 2. The third-order valence-corrected chi connectivity index (χ3v) is 4.95. The van der Waals surface area contributed by atoms with E-state index in [-0.39, 0.29) is 11.9 Å². The molecule has 0 saturated heterocycles. The van der Waals surface area contributed by atoms with Gasteiger partial charge in [0, 0.05) is 0 Å². The number of esters is 2. The van der Waals surface area contributed by atoms with Crippen LogP contribution in [0.25, 0.3) is 0 Å². The second-order valence-corrected chi connectivity index (χ2v) is 7.04. The SMILES string of the molecule is CCCCCCOC(=O)C1(C(=O)OCCCCCC)CCCCC1. The van der Waals surface area contributed by atoms with Crippen molar-refractivity contribution < 1.29 is 19.1 Å². The molecular weight excluding hydrogens is 304 g/mol. The Balaban J connectivity index is 2.48. The third-order valence-electron chi connectivity index (χ3n) is 4.95. The second kappa shape index (κ2) is 12.3. The van der Waals surface area contributed by atoms with Gasteiger partial charge in [0.05, 0.1) is 13.2 Å².